The van der Waals surface area contributed by atoms with Gasteiger partial charge in [0.2, 0.25) is 5.91 Å². The van der Waals surface area contributed by atoms with Gasteiger partial charge in [-0.05, 0) is 44.2 Å². The number of nitrogens with one attached hydrogen (secondary N) is 3. The van der Waals surface area contributed by atoms with Gasteiger partial charge in [0.15, 0.2) is 0 Å². The molecule has 0 spiro atoms. The second kappa shape index (κ2) is 6.44. The first-order valence-electron chi connectivity index (χ1n) is 8.19. The fraction of sp³-hybridized carbons (Fsp3) is 0.444. The molecule has 1 aliphatic carbocycles. The first-order valence-corrected chi connectivity index (χ1v) is 8.19. The molecule has 1 aromatic carbocycles. The first kappa shape index (κ1) is 15.6. The Kier molecular flexibility index (Phi) is 4.37. The summed E-state index contributed by atoms with van der Waals surface area (Å²) in [6, 6.07) is 8.37. The number of para-hydroxylation sites is 1. The van der Waals surface area contributed by atoms with Crippen LogP contribution in [0.25, 0.3) is 10.9 Å². The maximum absolute atomic E-state index is 12.4. The summed E-state index contributed by atoms with van der Waals surface area (Å²) in [5.74, 6) is -0.0329. The number of rotatable bonds is 3. The molecule has 5 heteroatoms. The molecule has 23 heavy (non-hydrogen) atoms. The molecule has 0 radical (unpaired) electrons. The molecule has 0 unspecified atom stereocenters. The van der Waals surface area contributed by atoms with E-state index in [4.69, 9.17) is 0 Å². The second-order valence-electron chi connectivity index (χ2n) is 6.44. The Hall–Kier alpha value is -2.30. The Morgan fingerprint density at radius 1 is 1.09 bits per heavy atom. The molecule has 1 aliphatic rings. The van der Waals surface area contributed by atoms with E-state index in [2.05, 4.69) is 15.6 Å². The molecule has 122 valence electrons. The van der Waals surface area contributed by atoms with Crippen molar-refractivity contribution in [2.45, 2.75) is 51.6 Å². The van der Waals surface area contributed by atoms with Gasteiger partial charge >= 0.3 is 0 Å². The number of aromatic amines is 1. The highest BCUT2D eigenvalue weighted by Crippen LogP contribution is 2.21. The number of aromatic nitrogens is 1. The highest BCUT2D eigenvalue weighted by molar-refractivity contribution is 5.98. The molecule has 2 amide bonds. The van der Waals surface area contributed by atoms with Crippen LogP contribution in [0.4, 0.5) is 0 Å². The van der Waals surface area contributed by atoms with Crippen molar-refractivity contribution in [1.82, 2.24) is 15.6 Å². The molecule has 3 rings (SSSR count). The number of H-pyrrole nitrogens is 1. The van der Waals surface area contributed by atoms with Crippen LogP contribution < -0.4 is 10.6 Å². The standard InChI is InChI=1S/C18H23N3O2/c1-11-4-3-5-13-10-16(21-17(11)13)18(23)20-15-8-6-14(7-9-15)19-12(2)22/h3-5,10,14-15,21H,6-9H2,1-2H3,(H,19,22)(H,20,23)/t14-,15-. The van der Waals surface area contributed by atoms with Crippen LogP contribution in [0.15, 0.2) is 24.3 Å². The lowest BCUT2D eigenvalue weighted by atomic mass is 9.91. The lowest BCUT2D eigenvalue weighted by Gasteiger charge is -2.29. The highest BCUT2D eigenvalue weighted by Gasteiger charge is 2.23. The molecule has 0 bridgehead atoms. The topological polar surface area (TPSA) is 74.0 Å². The van der Waals surface area contributed by atoms with Crippen molar-refractivity contribution in [3.63, 3.8) is 0 Å². The van der Waals surface area contributed by atoms with Gasteiger partial charge in [0.1, 0.15) is 5.69 Å². The molecule has 5 nitrogen and oxygen atoms in total. The monoisotopic (exact) mass is 313 g/mol. The Labute approximate surface area is 135 Å². The normalized spacial score (nSPS) is 21.1. The fourth-order valence-corrected chi connectivity index (χ4v) is 3.36. The maximum Gasteiger partial charge on any atom is 0.267 e. The van der Waals surface area contributed by atoms with E-state index < -0.39 is 0 Å². The zero-order valence-electron chi connectivity index (χ0n) is 13.6. The van der Waals surface area contributed by atoms with E-state index in [0.29, 0.717) is 5.69 Å². The quantitative estimate of drug-likeness (QED) is 0.815. The maximum atomic E-state index is 12.4. The summed E-state index contributed by atoms with van der Waals surface area (Å²) in [6.45, 7) is 3.58. The summed E-state index contributed by atoms with van der Waals surface area (Å²) in [5.41, 5.74) is 2.77. The van der Waals surface area contributed by atoms with Crippen LogP contribution in [0.5, 0.6) is 0 Å². The number of amides is 2. The van der Waals surface area contributed by atoms with Crippen molar-refractivity contribution in [1.29, 1.82) is 0 Å². The molecule has 0 saturated heterocycles. The molecule has 1 saturated carbocycles. The van der Waals surface area contributed by atoms with Gasteiger partial charge in [0.05, 0.1) is 0 Å². The van der Waals surface area contributed by atoms with E-state index >= 15 is 0 Å². The smallest absolute Gasteiger partial charge is 0.267 e. The molecule has 3 N–H and O–H groups in total. The Morgan fingerprint density at radius 2 is 1.74 bits per heavy atom. The van der Waals surface area contributed by atoms with Crippen LogP contribution in [0.1, 0.15) is 48.7 Å². The van der Waals surface area contributed by atoms with E-state index in [0.717, 1.165) is 42.1 Å². The number of benzene rings is 1. The average Bonchev–Trinajstić information content (AvgIpc) is 2.94. The Bertz CT molecular complexity index is 727. The average molecular weight is 313 g/mol. The van der Waals surface area contributed by atoms with Crippen molar-refractivity contribution < 1.29 is 9.59 Å². The summed E-state index contributed by atoms with van der Waals surface area (Å²) in [5, 5.41) is 7.12. The largest absolute Gasteiger partial charge is 0.354 e. The third-order valence-corrected chi connectivity index (χ3v) is 4.58. The predicted octanol–water partition coefficient (Wildman–Crippen LogP) is 2.65. The molecule has 1 heterocycles. The van der Waals surface area contributed by atoms with Crippen LogP contribution in [-0.2, 0) is 4.79 Å². The minimum atomic E-state index is -0.0522. The Balaban J connectivity index is 1.61. The highest BCUT2D eigenvalue weighted by atomic mass is 16.2. The number of carbonyl (C=O) groups is 2. The first-order chi connectivity index (χ1) is 11.0. The fourth-order valence-electron chi connectivity index (χ4n) is 3.36. The molecule has 0 aliphatic heterocycles. The lowest BCUT2D eigenvalue weighted by Crippen LogP contribution is -2.43. The number of carbonyl (C=O) groups excluding carboxylic acids is 2. The summed E-state index contributed by atoms with van der Waals surface area (Å²) < 4.78 is 0. The van der Waals surface area contributed by atoms with Crippen LogP contribution >= 0.6 is 0 Å². The van der Waals surface area contributed by atoms with Crippen molar-refractivity contribution in [3.8, 4) is 0 Å². The molecule has 1 fully saturated rings. The van der Waals surface area contributed by atoms with E-state index in [9.17, 15) is 9.59 Å². The summed E-state index contributed by atoms with van der Waals surface area (Å²) in [7, 11) is 0. The van der Waals surface area contributed by atoms with Gasteiger partial charge in [-0.25, -0.2) is 0 Å². The third-order valence-electron chi connectivity index (χ3n) is 4.58. The van der Waals surface area contributed by atoms with Gasteiger partial charge in [-0.3, -0.25) is 9.59 Å². The van der Waals surface area contributed by atoms with E-state index in [1.54, 1.807) is 6.92 Å². The van der Waals surface area contributed by atoms with Gasteiger partial charge in [-0.1, -0.05) is 18.2 Å². The number of aryl methyl sites for hydroxylation is 1. The van der Waals surface area contributed by atoms with Gasteiger partial charge < -0.3 is 15.6 Å². The minimum absolute atomic E-state index is 0.0194. The molecular formula is C18H23N3O2. The van der Waals surface area contributed by atoms with Crippen molar-refractivity contribution in [2.75, 3.05) is 0 Å². The van der Waals surface area contributed by atoms with E-state index in [1.807, 2.05) is 31.2 Å². The van der Waals surface area contributed by atoms with Crippen LogP contribution in [0.2, 0.25) is 0 Å². The number of hydrogen-bond donors (Lipinski definition) is 3. The van der Waals surface area contributed by atoms with Crippen LogP contribution in [0.3, 0.4) is 0 Å². The Morgan fingerprint density at radius 3 is 2.35 bits per heavy atom. The van der Waals surface area contributed by atoms with Gasteiger partial charge in [-0.15, -0.1) is 0 Å². The summed E-state index contributed by atoms with van der Waals surface area (Å²) >= 11 is 0. The zero-order chi connectivity index (χ0) is 16.4. The van der Waals surface area contributed by atoms with E-state index in [1.165, 1.54) is 0 Å². The predicted molar refractivity (Wildman–Crippen MR) is 90.4 cm³/mol. The second-order valence-corrected chi connectivity index (χ2v) is 6.44. The number of fused-ring (bicyclic) bond motifs is 1. The molecule has 1 aromatic heterocycles. The molecular weight excluding hydrogens is 290 g/mol. The lowest BCUT2D eigenvalue weighted by molar-refractivity contribution is -0.119. The third kappa shape index (κ3) is 3.55. The molecule has 2 aromatic rings. The van der Waals surface area contributed by atoms with E-state index in [-0.39, 0.29) is 23.9 Å². The minimum Gasteiger partial charge on any atom is -0.354 e. The van der Waals surface area contributed by atoms with Crippen LogP contribution in [-0.4, -0.2) is 28.9 Å². The van der Waals surface area contributed by atoms with Gasteiger partial charge in [0.25, 0.3) is 5.91 Å². The summed E-state index contributed by atoms with van der Waals surface area (Å²) in [4.78, 5) is 26.7. The van der Waals surface area contributed by atoms with Crippen molar-refractivity contribution in [2.24, 2.45) is 0 Å². The molecule has 0 atom stereocenters. The summed E-state index contributed by atoms with van der Waals surface area (Å²) in [6.07, 6.45) is 3.62. The SMILES string of the molecule is CC(=O)N[C@H]1CC[C@H](NC(=O)c2cc3cccc(C)c3[nH]2)CC1. The number of hydrogen-bond acceptors (Lipinski definition) is 2. The zero-order valence-corrected chi connectivity index (χ0v) is 13.6. The van der Waals surface area contributed by atoms with Crippen molar-refractivity contribution >= 4 is 22.7 Å². The van der Waals surface area contributed by atoms with Gasteiger partial charge in [-0.2, -0.15) is 0 Å². The van der Waals surface area contributed by atoms with Gasteiger partial charge in [0, 0.05) is 29.9 Å². The van der Waals surface area contributed by atoms with Crippen LogP contribution in [0, 0.1) is 6.92 Å². The van der Waals surface area contributed by atoms with Crippen molar-refractivity contribution in [3.05, 3.63) is 35.5 Å².